The van der Waals surface area contributed by atoms with Crippen molar-refractivity contribution in [2.24, 2.45) is 23.2 Å². The first-order chi connectivity index (χ1) is 13.0. The summed E-state index contributed by atoms with van der Waals surface area (Å²) in [5.41, 5.74) is 1.40. The maximum atomic E-state index is 12.7. The molecule has 4 nitrogen and oxygen atoms in total. The summed E-state index contributed by atoms with van der Waals surface area (Å²) >= 11 is 0. The van der Waals surface area contributed by atoms with E-state index in [-0.39, 0.29) is 47.1 Å². The van der Waals surface area contributed by atoms with Gasteiger partial charge in [0.1, 0.15) is 11.7 Å². The van der Waals surface area contributed by atoms with E-state index in [0.717, 1.165) is 6.42 Å². The molecule has 4 aliphatic rings. The first-order valence-corrected chi connectivity index (χ1v) is 10.6. The third-order valence-corrected chi connectivity index (χ3v) is 8.14. The van der Waals surface area contributed by atoms with E-state index in [0.29, 0.717) is 12.5 Å². The van der Waals surface area contributed by atoms with Gasteiger partial charge in [-0.2, -0.15) is 0 Å². The monoisotopic (exact) mass is 369 g/mol. The van der Waals surface area contributed by atoms with Crippen molar-refractivity contribution in [3.05, 3.63) is 35.9 Å². The highest BCUT2D eigenvalue weighted by molar-refractivity contribution is 5.76. The number of carbonyl (C=O) groups is 1. The molecule has 1 aromatic carbocycles. The topological polar surface area (TPSA) is 50.9 Å². The molecule has 146 valence electrons. The Morgan fingerprint density at radius 2 is 2.07 bits per heavy atom. The summed E-state index contributed by atoms with van der Waals surface area (Å²) in [6.07, 6.45) is 4.90. The van der Waals surface area contributed by atoms with Gasteiger partial charge in [-0.3, -0.25) is 4.79 Å². The summed E-state index contributed by atoms with van der Waals surface area (Å²) in [6.45, 7) is 7.54. The number of fused-ring (bicyclic) bond motifs is 2. The minimum absolute atomic E-state index is 0.0102. The van der Waals surface area contributed by atoms with E-state index in [1.165, 1.54) is 24.8 Å². The Balaban J connectivity index is 1.34. The minimum Gasteiger partial charge on any atom is -0.462 e. The zero-order chi connectivity index (χ0) is 18.8. The number of epoxide rings is 1. The van der Waals surface area contributed by atoms with Gasteiger partial charge in [0.05, 0.1) is 12.0 Å². The van der Waals surface area contributed by atoms with Gasteiger partial charge in [0.25, 0.3) is 0 Å². The van der Waals surface area contributed by atoms with E-state index in [9.17, 15) is 4.79 Å². The Morgan fingerprint density at radius 3 is 2.85 bits per heavy atom. The molecule has 2 saturated carbocycles. The van der Waals surface area contributed by atoms with E-state index in [2.05, 4.69) is 50.4 Å². The van der Waals surface area contributed by atoms with Crippen LogP contribution in [-0.2, 0) is 14.3 Å². The number of ether oxygens (including phenoxy) is 2. The van der Waals surface area contributed by atoms with Crippen LogP contribution in [0.3, 0.4) is 0 Å². The van der Waals surface area contributed by atoms with E-state index in [1.54, 1.807) is 0 Å². The van der Waals surface area contributed by atoms with Crippen LogP contribution in [-0.4, -0.2) is 30.3 Å². The lowest BCUT2D eigenvalue weighted by Gasteiger charge is -2.48. The van der Waals surface area contributed by atoms with Gasteiger partial charge in [0, 0.05) is 23.9 Å². The predicted octanol–water partition coefficient (Wildman–Crippen LogP) is 3.86. The second-order valence-electron chi connectivity index (χ2n) is 9.59. The molecular formula is C23H31NO3. The highest BCUT2D eigenvalue weighted by Crippen LogP contribution is 2.70. The maximum Gasteiger partial charge on any atom is 0.311 e. The van der Waals surface area contributed by atoms with Gasteiger partial charge in [-0.05, 0) is 37.7 Å². The van der Waals surface area contributed by atoms with Crippen molar-refractivity contribution >= 4 is 5.97 Å². The molecule has 0 bridgehead atoms. The molecule has 1 N–H and O–H groups in total. The fraction of sp³-hybridized carbons (Fsp3) is 0.696. The number of esters is 1. The zero-order valence-electron chi connectivity index (χ0n) is 16.6. The van der Waals surface area contributed by atoms with Crippen LogP contribution in [0.4, 0.5) is 0 Å². The largest absolute Gasteiger partial charge is 0.462 e. The van der Waals surface area contributed by atoms with Crippen molar-refractivity contribution in [1.29, 1.82) is 0 Å². The smallest absolute Gasteiger partial charge is 0.311 e. The van der Waals surface area contributed by atoms with Crippen LogP contribution in [0.15, 0.2) is 30.3 Å². The standard InChI is InChI=1S/C23H31NO3/c1-14-8-7-11-22(3)12-18-19(20-23(14,22)27-20)17(21(25)26-18)13-24-15(2)16-9-5-4-6-10-16/h4-6,9-10,14-15,17-20,24H,7-8,11-13H2,1-3H3/t14-,15-,17+,18+,19+,20+,22+,23-/m0/s1. The Kier molecular flexibility index (Phi) is 3.97. The Morgan fingerprint density at radius 1 is 1.30 bits per heavy atom. The van der Waals surface area contributed by atoms with Crippen LogP contribution in [0.1, 0.15) is 58.1 Å². The molecule has 8 atom stereocenters. The molecule has 4 heteroatoms. The molecule has 2 heterocycles. The average molecular weight is 370 g/mol. The van der Waals surface area contributed by atoms with Gasteiger partial charge >= 0.3 is 5.97 Å². The molecule has 0 aromatic heterocycles. The SMILES string of the molecule is C[C@H](NC[C@H]1C(=O)O[C@@H]2C[C@@]3(C)CCC[C@H](C)[C@@]34O[C@@H]4[C@@H]21)c1ccccc1. The lowest BCUT2D eigenvalue weighted by Crippen LogP contribution is -2.54. The van der Waals surface area contributed by atoms with Crippen molar-refractivity contribution in [1.82, 2.24) is 5.32 Å². The lowest BCUT2D eigenvalue weighted by atomic mass is 9.53. The van der Waals surface area contributed by atoms with Gasteiger partial charge in [-0.1, -0.05) is 50.6 Å². The molecule has 5 rings (SSSR count). The van der Waals surface area contributed by atoms with Crippen LogP contribution in [0, 0.1) is 23.2 Å². The van der Waals surface area contributed by atoms with Crippen LogP contribution in [0.2, 0.25) is 0 Å². The third kappa shape index (κ3) is 2.45. The van der Waals surface area contributed by atoms with Crippen molar-refractivity contribution in [3.8, 4) is 0 Å². The minimum atomic E-state index is -0.0933. The van der Waals surface area contributed by atoms with Crippen molar-refractivity contribution in [2.75, 3.05) is 6.54 Å². The van der Waals surface area contributed by atoms with Crippen LogP contribution < -0.4 is 5.32 Å². The molecule has 1 aromatic rings. The van der Waals surface area contributed by atoms with Crippen molar-refractivity contribution in [2.45, 2.75) is 70.3 Å². The summed E-state index contributed by atoms with van der Waals surface area (Å²) in [5.74, 6) is 0.666. The molecule has 0 radical (unpaired) electrons. The zero-order valence-corrected chi connectivity index (χ0v) is 16.6. The van der Waals surface area contributed by atoms with Gasteiger partial charge in [0.2, 0.25) is 0 Å². The Bertz CT molecular complexity index is 736. The number of hydrogen-bond donors (Lipinski definition) is 1. The fourth-order valence-corrected chi connectivity index (χ4v) is 6.63. The van der Waals surface area contributed by atoms with Gasteiger partial charge in [0.15, 0.2) is 0 Å². The molecular weight excluding hydrogens is 338 g/mol. The molecule has 0 amide bonds. The van der Waals surface area contributed by atoms with E-state index in [4.69, 9.17) is 9.47 Å². The second-order valence-corrected chi connectivity index (χ2v) is 9.59. The van der Waals surface area contributed by atoms with Crippen LogP contribution in [0.25, 0.3) is 0 Å². The summed E-state index contributed by atoms with van der Waals surface area (Å²) in [4.78, 5) is 12.7. The average Bonchev–Trinajstić information content (AvgIpc) is 3.34. The summed E-state index contributed by atoms with van der Waals surface area (Å²) in [7, 11) is 0. The molecule has 2 aliphatic heterocycles. The van der Waals surface area contributed by atoms with Gasteiger partial charge in [-0.15, -0.1) is 0 Å². The van der Waals surface area contributed by atoms with E-state index in [1.807, 2.05) is 6.07 Å². The van der Waals surface area contributed by atoms with Crippen molar-refractivity contribution in [3.63, 3.8) is 0 Å². The lowest BCUT2D eigenvalue weighted by molar-refractivity contribution is -0.146. The normalized spacial score (nSPS) is 46.0. The second kappa shape index (κ2) is 6.05. The van der Waals surface area contributed by atoms with Crippen LogP contribution >= 0.6 is 0 Å². The van der Waals surface area contributed by atoms with E-state index >= 15 is 0 Å². The molecule has 4 fully saturated rings. The maximum absolute atomic E-state index is 12.7. The fourth-order valence-electron chi connectivity index (χ4n) is 6.63. The highest BCUT2D eigenvalue weighted by atomic mass is 16.6. The summed E-state index contributed by atoms with van der Waals surface area (Å²) < 4.78 is 12.4. The summed E-state index contributed by atoms with van der Waals surface area (Å²) in [5, 5.41) is 3.58. The Hall–Kier alpha value is -1.39. The third-order valence-electron chi connectivity index (χ3n) is 8.14. The predicted molar refractivity (Wildman–Crippen MR) is 103 cm³/mol. The van der Waals surface area contributed by atoms with E-state index < -0.39 is 0 Å². The first kappa shape index (κ1) is 17.7. The number of nitrogens with one attached hydrogen (secondary N) is 1. The Labute approximate surface area is 162 Å². The molecule has 0 unspecified atom stereocenters. The number of rotatable bonds is 4. The molecule has 27 heavy (non-hydrogen) atoms. The van der Waals surface area contributed by atoms with Gasteiger partial charge in [-0.25, -0.2) is 0 Å². The molecule has 2 aliphatic carbocycles. The highest BCUT2D eigenvalue weighted by Gasteiger charge is 2.78. The number of benzene rings is 1. The quantitative estimate of drug-likeness (QED) is 0.647. The molecule has 2 saturated heterocycles. The molecule has 1 spiro atoms. The van der Waals surface area contributed by atoms with Crippen LogP contribution in [0.5, 0.6) is 0 Å². The first-order valence-electron chi connectivity index (χ1n) is 10.6. The summed E-state index contributed by atoms with van der Waals surface area (Å²) in [6, 6.07) is 10.6. The number of carbonyl (C=O) groups excluding carboxylic acids is 1. The van der Waals surface area contributed by atoms with Gasteiger partial charge < -0.3 is 14.8 Å². The van der Waals surface area contributed by atoms with Crippen molar-refractivity contribution < 1.29 is 14.3 Å². The number of hydrogen-bond acceptors (Lipinski definition) is 4.